The maximum atomic E-state index is 13.1. The maximum absolute atomic E-state index is 13.1. The first-order valence-corrected chi connectivity index (χ1v) is 11.3. The quantitative estimate of drug-likeness (QED) is 0.525. The molecule has 0 aliphatic carbocycles. The van der Waals surface area contributed by atoms with Crippen LogP contribution in [0.15, 0.2) is 23.1 Å². The summed E-state index contributed by atoms with van der Waals surface area (Å²) >= 11 is 0. The highest BCUT2D eigenvalue weighted by atomic mass is 32.2. The van der Waals surface area contributed by atoms with Crippen LogP contribution in [-0.2, 0) is 10.0 Å². The summed E-state index contributed by atoms with van der Waals surface area (Å²) < 4.78 is 113. The highest BCUT2D eigenvalue weighted by molar-refractivity contribution is 7.89. The fourth-order valence-corrected chi connectivity index (χ4v) is 5.13. The molecule has 0 spiro atoms. The summed E-state index contributed by atoms with van der Waals surface area (Å²) in [6.45, 7) is 1.44. The largest absolute Gasteiger partial charge is 0.484 e. The first-order chi connectivity index (χ1) is 15.3. The van der Waals surface area contributed by atoms with Gasteiger partial charge in [-0.1, -0.05) is 20.8 Å². The predicted molar refractivity (Wildman–Crippen MR) is 106 cm³/mol. The molecule has 1 unspecified atom stereocenters. The monoisotopic (exact) mass is 522 g/mol. The van der Waals surface area contributed by atoms with E-state index >= 15 is 0 Å². The normalized spacial score (nSPS) is 19.9. The first-order valence-electron chi connectivity index (χ1n) is 9.85. The van der Waals surface area contributed by atoms with Crippen LogP contribution in [0.1, 0.15) is 27.2 Å². The molecule has 1 aliphatic rings. The smallest absolute Gasteiger partial charge is 0.422 e. The number of nitrogens with zero attached hydrogens (tertiary/aromatic N) is 1. The van der Waals surface area contributed by atoms with Crippen LogP contribution in [-0.4, -0.2) is 68.7 Å². The van der Waals surface area contributed by atoms with Crippen molar-refractivity contribution < 1.29 is 54.1 Å². The van der Waals surface area contributed by atoms with Crippen molar-refractivity contribution in [3.05, 3.63) is 18.2 Å². The van der Waals surface area contributed by atoms with Crippen LogP contribution in [0.4, 0.5) is 31.1 Å². The van der Waals surface area contributed by atoms with Gasteiger partial charge in [-0.2, -0.15) is 26.3 Å². The molecule has 2 atom stereocenters. The third kappa shape index (κ3) is 7.55. The van der Waals surface area contributed by atoms with Crippen molar-refractivity contribution >= 4 is 16.1 Å². The highest BCUT2D eigenvalue weighted by Crippen LogP contribution is 2.36. The summed E-state index contributed by atoms with van der Waals surface area (Å²) in [5.41, 5.74) is -0.727. The van der Waals surface area contributed by atoms with Gasteiger partial charge in [0.15, 0.2) is 13.2 Å². The lowest BCUT2D eigenvalue weighted by Gasteiger charge is -2.37. The molecular weight excluding hydrogens is 498 g/mol. The van der Waals surface area contributed by atoms with Gasteiger partial charge in [-0.05, 0) is 24.0 Å². The summed E-state index contributed by atoms with van der Waals surface area (Å²) in [6, 6.07) is 0.428. The van der Waals surface area contributed by atoms with E-state index in [1.807, 2.05) is 0 Å². The lowest BCUT2D eigenvalue weighted by Crippen LogP contribution is -2.52. The number of sulfonamides is 1. The number of carbonyl (C=O) groups is 1. The summed E-state index contributed by atoms with van der Waals surface area (Å²) in [5.74, 6) is -1.33. The van der Waals surface area contributed by atoms with Crippen molar-refractivity contribution in [2.45, 2.75) is 56.5 Å². The average Bonchev–Trinajstić information content (AvgIpc) is 3.07. The van der Waals surface area contributed by atoms with Crippen molar-refractivity contribution in [3.8, 4) is 11.5 Å². The zero-order valence-corrected chi connectivity index (χ0v) is 19.1. The lowest BCUT2D eigenvalue weighted by atomic mass is 9.83. The van der Waals surface area contributed by atoms with Gasteiger partial charge in [0.1, 0.15) is 16.4 Å². The number of alkyl halides is 6. The number of carboxylic acid groups (broad SMARTS) is 1. The zero-order chi connectivity index (χ0) is 26.1. The van der Waals surface area contributed by atoms with E-state index < -0.39 is 75.6 Å². The molecule has 194 valence electrons. The molecule has 1 saturated heterocycles. The molecule has 15 heteroatoms. The second-order valence-corrected chi connectivity index (χ2v) is 10.4. The summed E-state index contributed by atoms with van der Waals surface area (Å²) in [5, 5.41) is 9.45. The average molecular weight is 522 g/mol. The predicted octanol–water partition coefficient (Wildman–Crippen LogP) is 4.01. The Labute approximate surface area is 191 Å². The van der Waals surface area contributed by atoms with Crippen LogP contribution in [0.25, 0.3) is 0 Å². The second kappa shape index (κ2) is 9.68. The van der Waals surface area contributed by atoms with Gasteiger partial charge in [-0.25, -0.2) is 17.9 Å². The minimum Gasteiger partial charge on any atom is -0.484 e. The van der Waals surface area contributed by atoms with Crippen LogP contribution >= 0.6 is 0 Å². The van der Waals surface area contributed by atoms with E-state index in [4.69, 9.17) is 0 Å². The van der Waals surface area contributed by atoms with Crippen molar-refractivity contribution in [3.63, 3.8) is 0 Å². The molecule has 1 aromatic carbocycles. The third-order valence-corrected chi connectivity index (χ3v) is 6.35. The molecule has 0 bridgehead atoms. The Morgan fingerprint density at radius 3 is 2.15 bits per heavy atom. The number of ether oxygens (including phenoxy) is 2. The fraction of sp³-hybridized carbons (Fsp3) is 0.632. The molecule has 2 rings (SSSR count). The molecule has 2 N–H and O–H groups in total. The Morgan fingerprint density at radius 2 is 1.65 bits per heavy atom. The van der Waals surface area contributed by atoms with Crippen LogP contribution in [0.5, 0.6) is 11.5 Å². The van der Waals surface area contributed by atoms with E-state index in [9.17, 15) is 44.7 Å². The number of halogens is 6. The van der Waals surface area contributed by atoms with Crippen molar-refractivity contribution in [2.24, 2.45) is 5.41 Å². The van der Waals surface area contributed by atoms with Crippen LogP contribution < -0.4 is 14.2 Å². The number of benzene rings is 1. The molecule has 1 aliphatic heterocycles. The van der Waals surface area contributed by atoms with E-state index in [0.717, 1.165) is 17.0 Å². The van der Waals surface area contributed by atoms with Gasteiger partial charge >= 0.3 is 18.4 Å². The number of hydrogen-bond acceptors (Lipinski definition) is 5. The maximum Gasteiger partial charge on any atom is 0.422 e. The van der Waals surface area contributed by atoms with E-state index in [2.05, 4.69) is 14.2 Å². The Balaban J connectivity index is 2.42. The van der Waals surface area contributed by atoms with Gasteiger partial charge < -0.3 is 19.5 Å². The van der Waals surface area contributed by atoms with Gasteiger partial charge in [0.05, 0.1) is 6.04 Å². The Hall–Kier alpha value is -2.42. The Morgan fingerprint density at radius 1 is 1.09 bits per heavy atom. The molecule has 0 aromatic heterocycles. The number of nitrogens with one attached hydrogen (secondary N) is 1. The summed E-state index contributed by atoms with van der Waals surface area (Å²) in [4.78, 5) is 11.8. The zero-order valence-electron chi connectivity index (χ0n) is 18.3. The molecule has 1 amide bonds. The first kappa shape index (κ1) is 27.8. The van der Waals surface area contributed by atoms with Gasteiger partial charge in [0, 0.05) is 18.7 Å². The van der Waals surface area contributed by atoms with Crippen molar-refractivity contribution in [1.82, 2.24) is 9.62 Å². The van der Waals surface area contributed by atoms with Gasteiger partial charge in [-0.3, -0.25) is 0 Å². The van der Waals surface area contributed by atoms with Crippen molar-refractivity contribution in [1.29, 1.82) is 0 Å². The Kier molecular flexibility index (Phi) is 7.92. The molecule has 34 heavy (non-hydrogen) atoms. The molecular formula is C19H24F6N2O6S. The topological polar surface area (TPSA) is 105 Å². The fourth-order valence-electron chi connectivity index (χ4n) is 3.70. The molecule has 0 radical (unpaired) electrons. The number of likely N-dealkylation sites (tertiary alicyclic amines) is 1. The Bertz CT molecular complexity index is 990. The standard InChI is InChI=1S/C19H24F6N2O6S/c1-17(2,3)15-12(6-7-27(15)16(28)29)26-34(30,31)14-8-11(32-9-18(20,21)22)4-5-13(14)33-10-19(23,24)25/h4-5,8,12,15,26H,6-7,9-10H2,1-3H3,(H,28,29)/t12-,15?/m1/s1. The molecule has 1 heterocycles. The number of rotatable bonds is 7. The number of amides is 1. The van der Waals surface area contributed by atoms with E-state index in [0.29, 0.717) is 6.07 Å². The molecule has 8 nitrogen and oxygen atoms in total. The van der Waals surface area contributed by atoms with Gasteiger partial charge in [-0.15, -0.1) is 0 Å². The summed E-state index contributed by atoms with van der Waals surface area (Å²) in [6.07, 6.45) is -10.8. The van der Waals surface area contributed by atoms with E-state index in [1.54, 1.807) is 20.8 Å². The molecule has 1 aromatic rings. The lowest BCUT2D eigenvalue weighted by molar-refractivity contribution is -0.154. The number of hydrogen-bond donors (Lipinski definition) is 2. The van der Waals surface area contributed by atoms with Crippen molar-refractivity contribution in [2.75, 3.05) is 19.8 Å². The molecule has 0 saturated carbocycles. The summed E-state index contributed by atoms with van der Waals surface area (Å²) in [7, 11) is -4.68. The molecule has 1 fully saturated rings. The van der Waals surface area contributed by atoms with Crippen LogP contribution in [0.3, 0.4) is 0 Å². The van der Waals surface area contributed by atoms with Gasteiger partial charge in [0.25, 0.3) is 0 Å². The SMILES string of the molecule is CC(C)(C)C1[C@H](NS(=O)(=O)c2cc(OCC(F)(F)F)ccc2OCC(F)(F)F)CCN1C(=O)O. The third-order valence-electron chi connectivity index (χ3n) is 4.84. The highest BCUT2D eigenvalue weighted by Gasteiger charge is 2.46. The van der Waals surface area contributed by atoms with Crippen LogP contribution in [0, 0.1) is 5.41 Å². The minimum absolute atomic E-state index is 0.00335. The van der Waals surface area contributed by atoms with E-state index in [1.165, 1.54) is 0 Å². The second-order valence-electron chi connectivity index (χ2n) is 8.72. The van der Waals surface area contributed by atoms with Gasteiger partial charge in [0.2, 0.25) is 10.0 Å². The van der Waals surface area contributed by atoms with Crippen LogP contribution in [0.2, 0.25) is 0 Å². The van der Waals surface area contributed by atoms with E-state index in [-0.39, 0.29) is 13.0 Å². The minimum atomic E-state index is -4.81.